The number of hydrogen-bond donors (Lipinski definition) is 9. The van der Waals surface area contributed by atoms with Crippen LogP contribution in [0, 0.1) is 0 Å². The molecule has 0 bridgehead atoms. The van der Waals surface area contributed by atoms with Gasteiger partial charge in [0.05, 0.1) is 19.4 Å². The summed E-state index contributed by atoms with van der Waals surface area (Å²) in [5.74, 6) is -7.37. The van der Waals surface area contributed by atoms with Gasteiger partial charge in [-0.1, -0.05) is 0 Å². The monoisotopic (exact) mass is 486 g/mol. The van der Waals surface area contributed by atoms with Gasteiger partial charge in [-0.15, -0.1) is 0 Å². The number of carbonyl (C=O) groups is 6. The number of carbonyl (C=O) groups excluding carboxylic acids is 3. The van der Waals surface area contributed by atoms with E-state index in [2.05, 4.69) is 20.6 Å². The maximum Gasteiger partial charge on any atom is 0.326 e. The van der Waals surface area contributed by atoms with Gasteiger partial charge in [-0.2, -0.15) is 0 Å². The highest BCUT2D eigenvalue weighted by Crippen LogP contribution is 2.05. The topological polar surface area (TPSA) is 274 Å². The number of aliphatic hydroxyl groups is 1. The number of aromatic amines is 1. The third-order valence-electron chi connectivity index (χ3n) is 4.42. The number of imidazole rings is 1. The molecule has 1 aromatic heterocycles. The average molecular weight is 486 g/mol. The maximum absolute atomic E-state index is 12.8. The molecule has 3 amide bonds. The van der Waals surface area contributed by atoms with Crippen LogP contribution in [0.3, 0.4) is 0 Å². The minimum atomic E-state index is -1.80. The van der Waals surface area contributed by atoms with Crippen LogP contribution in [-0.2, 0) is 35.2 Å². The van der Waals surface area contributed by atoms with Gasteiger partial charge in [0.1, 0.15) is 24.2 Å². The van der Waals surface area contributed by atoms with Crippen LogP contribution in [0.25, 0.3) is 0 Å². The summed E-state index contributed by atoms with van der Waals surface area (Å²) in [7, 11) is 0. The Kier molecular flexibility index (Phi) is 11.1. The molecule has 1 rings (SSSR count). The number of aliphatic hydroxyl groups excluding tert-OH is 1. The highest BCUT2D eigenvalue weighted by atomic mass is 16.4. The van der Waals surface area contributed by atoms with Crippen LogP contribution in [0.2, 0.25) is 0 Å². The Morgan fingerprint density at radius 1 is 0.912 bits per heavy atom. The van der Waals surface area contributed by atoms with Crippen LogP contribution < -0.4 is 21.7 Å². The summed E-state index contributed by atoms with van der Waals surface area (Å²) in [5, 5.41) is 42.4. The van der Waals surface area contributed by atoms with Gasteiger partial charge in [0.15, 0.2) is 0 Å². The molecular formula is C18H26N6O10. The van der Waals surface area contributed by atoms with Gasteiger partial charge in [-0.25, -0.2) is 9.78 Å². The van der Waals surface area contributed by atoms with Crippen molar-refractivity contribution in [1.82, 2.24) is 25.9 Å². The Labute approximate surface area is 191 Å². The molecule has 16 heteroatoms. The zero-order valence-corrected chi connectivity index (χ0v) is 17.8. The van der Waals surface area contributed by atoms with Gasteiger partial charge in [-0.3, -0.25) is 24.0 Å². The lowest BCUT2D eigenvalue weighted by molar-refractivity contribution is -0.147. The van der Waals surface area contributed by atoms with Crippen molar-refractivity contribution in [3.05, 3.63) is 18.2 Å². The lowest BCUT2D eigenvalue weighted by Crippen LogP contribution is -2.58. The van der Waals surface area contributed by atoms with E-state index in [4.69, 9.17) is 26.2 Å². The van der Waals surface area contributed by atoms with Crippen LogP contribution in [-0.4, -0.2) is 96.8 Å². The number of nitrogens with zero attached hydrogens (tertiary/aromatic N) is 1. The molecule has 10 N–H and O–H groups in total. The SMILES string of the molecule is NC(CO)C(=O)NC(CCC(=O)O)C(=O)NC(Cc1cnc[nH]1)C(=O)NC(CC(=O)O)C(=O)O. The Bertz CT molecular complexity index is 890. The predicted molar refractivity (Wildman–Crippen MR) is 110 cm³/mol. The predicted octanol–water partition coefficient (Wildman–Crippen LogP) is -3.85. The van der Waals surface area contributed by atoms with Crippen LogP contribution >= 0.6 is 0 Å². The molecule has 0 saturated heterocycles. The Morgan fingerprint density at radius 3 is 2.00 bits per heavy atom. The summed E-state index contributed by atoms with van der Waals surface area (Å²) in [6.07, 6.45) is 0.518. The number of aromatic nitrogens is 2. The molecule has 0 aliphatic rings. The number of nitrogens with two attached hydrogens (primary N) is 1. The molecule has 4 atom stereocenters. The molecule has 0 radical (unpaired) electrons. The zero-order valence-electron chi connectivity index (χ0n) is 17.8. The third-order valence-corrected chi connectivity index (χ3v) is 4.42. The molecule has 1 heterocycles. The van der Waals surface area contributed by atoms with E-state index in [1.54, 1.807) is 0 Å². The number of rotatable bonds is 15. The first-order valence-corrected chi connectivity index (χ1v) is 9.85. The number of carboxylic acids is 3. The van der Waals surface area contributed by atoms with E-state index in [1.807, 2.05) is 5.32 Å². The Hall–Kier alpha value is -4.05. The lowest BCUT2D eigenvalue weighted by atomic mass is 10.1. The Balaban J connectivity index is 3.08. The van der Waals surface area contributed by atoms with E-state index in [0.717, 1.165) is 0 Å². The van der Waals surface area contributed by atoms with Gasteiger partial charge < -0.3 is 47.1 Å². The van der Waals surface area contributed by atoms with Crippen molar-refractivity contribution < 1.29 is 49.2 Å². The van der Waals surface area contributed by atoms with E-state index in [-0.39, 0.29) is 12.8 Å². The minimum Gasteiger partial charge on any atom is -0.481 e. The summed E-state index contributed by atoms with van der Waals surface area (Å²) in [4.78, 5) is 77.1. The molecular weight excluding hydrogens is 460 g/mol. The molecule has 4 unspecified atom stereocenters. The van der Waals surface area contributed by atoms with Crippen molar-refractivity contribution >= 4 is 35.6 Å². The summed E-state index contributed by atoms with van der Waals surface area (Å²) in [6, 6.07) is -6.11. The van der Waals surface area contributed by atoms with Crippen LogP contribution in [0.4, 0.5) is 0 Å². The standard InChI is InChI=1S/C18H26N6O10/c19-9(6-25)15(30)22-10(1-2-13(26)27)16(31)23-11(3-8-5-20-7-21-8)17(32)24-12(18(33)34)4-14(28)29/h5,7,9-12,25H,1-4,6,19H2,(H,20,21)(H,22,30)(H,23,31)(H,24,32)(H,26,27)(H,28,29)(H,33,34). The number of nitrogens with one attached hydrogen (secondary N) is 4. The molecule has 0 aromatic carbocycles. The highest BCUT2D eigenvalue weighted by molar-refractivity contribution is 5.95. The molecule has 0 spiro atoms. The second-order valence-electron chi connectivity index (χ2n) is 7.12. The molecule has 188 valence electrons. The summed E-state index contributed by atoms with van der Waals surface area (Å²) >= 11 is 0. The molecule has 0 aliphatic carbocycles. The number of hydrogen-bond acceptors (Lipinski definition) is 9. The normalized spacial score (nSPS) is 14.2. The third kappa shape index (κ3) is 9.61. The quantitative estimate of drug-likeness (QED) is 0.115. The van der Waals surface area contributed by atoms with Crippen molar-refractivity contribution in [3.63, 3.8) is 0 Å². The lowest BCUT2D eigenvalue weighted by Gasteiger charge is -2.24. The fourth-order valence-electron chi connectivity index (χ4n) is 2.64. The fourth-order valence-corrected chi connectivity index (χ4v) is 2.64. The van der Waals surface area contributed by atoms with Gasteiger partial charge in [0.25, 0.3) is 0 Å². The van der Waals surface area contributed by atoms with Gasteiger partial charge in [0, 0.05) is 24.7 Å². The molecule has 34 heavy (non-hydrogen) atoms. The van der Waals surface area contributed by atoms with Crippen molar-refractivity contribution in [3.8, 4) is 0 Å². The number of carboxylic acid groups (broad SMARTS) is 3. The van der Waals surface area contributed by atoms with E-state index >= 15 is 0 Å². The van der Waals surface area contributed by atoms with Crippen LogP contribution in [0.1, 0.15) is 25.0 Å². The van der Waals surface area contributed by atoms with Crippen LogP contribution in [0.15, 0.2) is 12.5 Å². The average Bonchev–Trinajstić information content (AvgIpc) is 3.27. The van der Waals surface area contributed by atoms with Gasteiger partial charge >= 0.3 is 17.9 Å². The van der Waals surface area contributed by atoms with Crippen LogP contribution in [0.5, 0.6) is 0 Å². The molecule has 1 aromatic rings. The first kappa shape index (κ1) is 28.0. The minimum absolute atomic E-state index is 0.229. The van der Waals surface area contributed by atoms with Crippen molar-refractivity contribution in [2.24, 2.45) is 5.73 Å². The second-order valence-corrected chi connectivity index (χ2v) is 7.12. The number of amides is 3. The highest BCUT2D eigenvalue weighted by Gasteiger charge is 2.31. The number of H-pyrrole nitrogens is 1. The summed E-state index contributed by atoms with van der Waals surface area (Å²) in [5.41, 5.74) is 5.74. The van der Waals surface area contributed by atoms with Crippen molar-refractivity contribution in [1.29, 1.82) is 0 Å². The van der Waals surface area contributed by atoms with Crippen molar-refractivity contribution in [2.45, 2.75) is 49.9 Å². The van der Waals surface area contributed by atoms with Crippen molar-refractivity contribution in [2.75, 3.05) is 6.61 Å². The van der Waals surface area contributed by atoms with E-state index in [1.165, 1.54) is 12.5 Å². The van der Waals surface area contributed by atoms with Gasteiger partial charge in [0.2, 0.25) is 17.7 Å². The first-order chi connectivity index (χ1) is 15.9. The molecule has 0 fully saturated rings. The Morgan fingerprint density at radius 2 is 1.50 bits per heavy atom. The fraction of sp³-hybridized carbons (Fsp3) is 0.500. The van der Waals surface area contributed by atoms with E-state index < -0.39 is 79.2 Å². The number of aliphatic carboxylic acids is 3. The van der Waals surface area contributed by atoms with Gasteiger partial charge in [-0.05, 0) is 6.42 Å². The molecule has 16 nitrogen and oxygen atoms in total. The molecule has 0 aliphatic heterocycles. The zero-order chi connectivity index (χ0) is 25.8. The van der Waals surface area contributed by atoms with E-state index in [9.17, 15) is 28.8 Å². The summed E-state index contributed by atoms with van der Waals surface area (Å²) in [6.45, 7) is -0.746. The smallest absolute Gasteiger partial charge is 0.326 e. The second kappa shape index (κ2) is 13.5. The molecule has 0 saturated carbocycles. The first-order valence-electron chi connectivity index (χ1n) is 9.85. The largest absolute Gasteiger partial charge is 0.481 e. The summed E-state index contributed by atoms with van der Waals surface area (Å²) < 4.78 is 0. The van der Waals surface area contributed by atoms with E-state index in [0.29, 0.717) is 5.69 Å². The maximum atomic E-state index is 12.8.